The maximum absolute atomic E-state index is 11.0. The first-order valence-electron chi connectivity index (χ1n) is 5.34. The van der Waals surface area contributed by atoms with Crippen molar-refractivity contribution in [2.24, 2.45) is 0 Å². The van der Waals surface area contributed by atoms with Gasteiger partial charge in [0.25, 0.3) is 0 Å². The second-order valence-electron chi connectivity index (χ2n) is 3.82. The van der Waals surface area contributed by atoms with E-state index in [1.165, 1.54) is 14.2 Å². The standard InChI is InChI=1S/C10H18N2O4/c1-15-9(13)11-7-3-5-8(6-4-7)12-10(14)16-2/h7-8H,3-6H2,1-2H3,(H,11,13)(H,12,14). The summed E-state index contributed by atoms with van der Waals surface area (Å²) >= 11 is 0. The largest absolute Gasteiger partial charge is 0.453 e. The molecule has 0 aromatic carbocycles. The number of ether oxygens (including phenoxy) is 2. The molecule has 1 aliphatic carbocycles. The molecule has 0 aliphatic heterocycles. The number of amides is 2. The quantitative estimate of drug-likeness (QED) is 0.742. The van der Waals surface area contributed by atoms with Gasteiger partial charge in [-0.2, -0.15) is 0 Å². The highest BCUT2D eigenvalue weighted by Gasteiger charge is 2.23. The third-order valence-corrected chi connectivity index (χ3v) is 2.74. The van der Waals surface area contributed by atoms with Crippen LogP contribution in [0.2, 0.25) is 0 Å². The predicted molar refractivity (Wildman–Crippen MR) is 57.1 cm³/mol. The van der Waals surface area contributed by atoms with Crippen molar-refractivity contribution in [3.63, 3.8) is 0 Å². The number of carbonyl (C=O) groups excluding carboxylic acids is 2. The SMILES string of the molecule is COC(=O)NC1CCC(NC(=O)OC)CC1. The van der Waals surface area contributed by atoms with E-state index in [-0.39, 0.29) is 12.1 Å². The van der Waals surface area contributed by atoms with E-state index >= 15 is 0 Å². The molecule has 0 saturated heterocycles. The van der Waals surface area contributed by atoms with Crippen LogP contribution in [0.25, 0.3) is 0 Å². The van der Waals surface area contributed by atoms with Crippen molar-refractivity contribution in [1.29, 1.82) is 0 Å². The first-order chi connectivity index (χ1) is 7.65. The molecule has 0 aromatic heterocycles. The lowest BCUT2D eigenvalue weighted by atomic mass is 9.91. The van der Waals surface area contributed by atoms with Gasteiger partial charge < -0.3 is 20.1 Å². The topological polar surface area (TPSA) is 76.7 Å². The summed E-state index contributed by atoms with van der Waals surface area (Å²) in [4.78, 5) is 21.9. The summed E-state index contributed by atoms with van der Waals surface area (Å²) in [5.41, 5.74) is 0. The van der Waals surface area contributed by atoms with Crippen LogP contribution in [0.1, 0.15) is 25.7 Å². The molecule has 0 atom stereocenters. The van der Waals surface area contributed by atoms with E-state index < -0.39 is 12.2 Å². The van der Waals surface area contributed by atoms with Gasteiger partial charge in [-0.1, -0.05) is 0 Å². The van der Waals surface area contributed by atoms with Crippen molar-refractivity contribution in [2.75, 3.05) is 14.2 Å². The summed E-state index contributed by atoms with van der Waals surface area (Å²) in [6, 6.07) is 0.284. The number of nitrogens with one attached hydrogen (secondary N) is 2. The zero-order chi connectivity index (χ0) is 12.0. The Hall–Kier alpha value is -1.46. The lowest BCUT2D eigenvalue weighted by molar-refractivity contribution is 0.154. The monoisotopic (exact) mass is 230 g/mol. The van der Waals surface area contributed by atoms with Crippen LogP contribution in [0.15, 0.2) is 0 Å². The molecule has 2 amide bonds. The third kappa shape index (κ3) is 3.96. The van der Waals surface area contributed by atoms with Gasteiger partial charge in [-0.15, -0.1) is 0 Å². The Kier molecular flexibility index (Phi) is 4.88. The van der Waals surface area contributed by atoms with Crippen LogP contribution < -0.4 is 10.6 Å². The van der Waals surface area contributed by atoms with E-state index in [1.54, 1.807) is 0 Å². The molecule has 1 rings (SSSR count). The van der Waals surface area contributed by atoms with Crippen LogP contribution in [0.5, 0.6) is 0 Å². The fourth-order valence-corrected chi connectivity index (χ4v) is 1.83. The van der Waals surface area contributed by atoms with E-state index in [1.807, 2.05) is 0 Å². The number of alkyl carbamates (subject to hydrolysis) is 2. The predicted octanol–water partition coefficient (Wildman–Crippen LogP) is 1.01. The van der Waals surface area contributed by atoms with Crippen molar-refractivity contribution < 1.29 is 19.1 Å². The average molecular weight is 230 g/mol. The third-order valence-electron chi connectivity index (χ3n) is 2.74. The zero-order valence-corrected chi connectivity index (χ0v) is 9.62. The summed E-state index contributed by atoms with van der Waals surface area (Å²) in [6.07, 6.45) is 2.55. The Labute approximate surface area is 94.7 Å². The molecule has 0 radical (unpaired) electrons. The first kappa shape index (κ1) is 12.6. The molecule has 92 valence electrons. The van der Waals surface area contributed by atoms with Gasteiger partial charge in [0.1, 0.15) is 0 Å². The number of carbonyl (C=O) groups is 2. The van der Waals surface area contributed by atoms with Gasteiger partial charge in [-0.3, -0.25) is 0 Å². The van der Waals surface area contributed by atoms with Gasteiger partial charge in [-0.05, 0) is 25.7 Å². The molecule has 1 aliphatic rings. The molecule has 6 nitrogen and oxygen atoms in total. The van der Waals surface area contributed by atoms with E-state index in [4.69, 9.17) is 0 Å². The Morgan fingerprint density at radius 3 is 1.44 bits per heavy atom. The van der Waals surface area contributed by atoms with Crippen molar-refractivity contribution in [1.82, 2.24) is 10.6 Å². The molecular formula is C10H18N2O4. The maximum atomic E-state index is 11.0. The van der Waals surface area contributed by atoms with Gasteiger partial charge in [0.05, 0.1) is 14.2 Å². The molecular weight excluding hydrogens is 212 g/mol. The average Bonchev–Trinajstić information content (AvgIpc) is 2.31. The van der Waals surface area contributed by atoms with Gasteiger partial charge >= 0.3 is 12.2 Å². The molecule has 2 N–H and O–H groups in total. The lowest BCUT2D eigenvalue weighted by Crippen LogP contribution is -2.43. The minimum atomic E-state index is -0.399. The van der Waals surface area contributed by atoms with Gasteiger partial charge in [0, 0.05) is 12.1 Å². The number of rotatable bonds is 2. The normalized spacial score (nSPS) is 24.4. The van der Waals surface area contributed by atoms with Crippen LogP contribution in [0, 0.1) is 0 Å². The van der Waals surface area contributed by atoms with E-state index in [0.29, 0.717) is 0 Å². The second-order valence-corrected chi connectivity index (χ2v) is 3.82. The highest BCUT2D eigenvalue weighted by Crippen LogP contribution is 2.18. The number of hydrogen-bond donors (Lipinski definition) is 2. The van der Waals surface area contributed by atoms with Gasteiger partial charge in [-0.25, -0.2) is 9.59 Å². The molecule has 0 unspecified atom stereocenters. The summed E-state index contributed by atoms with van der Waals surface area (Å²) in [7, 11) is 2.69. The fourth-order valence-electron chi connectivity index (χ4n) is 1.83. The molecule has 1 fully saturated rings. The zero-order valence-electron chi connectivity index (χ0n) is 9.62. The molecule has 0 heterocycles. The molecule has 1 saturated carbocycles. The van der Waals surface area contributed by atoms with Gasteiger partial charge in [0.15, 0.2) is 0 Å². The van der Waals surface area contributed by atoms with E-state index in [2.05, 4.69) is 20.1 Å². The maximum Gasteiger partial charge on any atom is 0.407 e. The van der Waals surface area contributed by atoms with Crippen LogP contribution in [-0.4, -0.2) is 38.5 Å². The van der Waals surface area contributed by atoms with Crippen LogP contribution in [-0.2, 0) is 9.47 Å². The summed E-state index contributed by atoms with van der Waals surface area (Å²) in [5, 5.41) is 5.50. The second kappa shape index (κ2) is 6.19. The van der Waals surface area contributed by atoms with Crippen molar-refractivity contribution >= 4 is 12.2 Å². The molecule has 0 aromatic rings. The molecule has 0 spiro atoms. The molecule has 0 bridgehead atoms. The van der Waals surface area contributed by atoms with Crippen molar-refractivity contribution in [2.45, 2.75) is 37.8 Å². The van der Waals surface area contributed by atoms with E-state index in [9.17, 15) is 9.59 Å². The minimum Gasteiger partial charge on any atom is -0.453 e. The fraction of sp³-hybridized carbons (Fsp3) is 0.800. The first-order valence-corrected chi connectivity index (χ1v) is 5.34. The summed E-state index contributed by atoms with van der Waals surface area (Å²) < 4.78 is 9.04. The Bertz CT molecular complexity index is 223. The van der Waals surface area contributed by atoms with Crippen LogP contribution >= 0.6 is 0 Å². The molecule has 16 heavy (non-hydrogen) atoms. The Balaban J connectivity index is 2.23. The summed E-state index contributed by atoms with van der Waals surface area (Å²) in [6.45, 7) is 0. The van der Waals surface area contributed by atoms with Crippen molar-refractivity contribution in [3.8, 4) is 0 Å². The Morgan fingerprint density at radius 2 is 1.19 bits per heavy atom. The minimum absolute atomic E-state index is 0.142. The highest BCUT2D eigenvalue weighted by molar-refractivity contribution is 5.68. The van der Waals surface area contributed by atoms with Crippen LogP contribution in [0.3, 0.4) is 0 Å². The highest BCUT2D eigenvalue weighted by atomic mass is 16.5. The number of hydrogen-bond acceptors (Lipinski definition) is 4. The summed E-state index contributed by atoms with van der Waals surface area (Å²) in [5.74, 6) is 0. The van der Waals surface area contributed by atoms with Gasteiger partial charge in [0.2, 0.25) is 0 Å². The smallest absolute Gasteiger partial charge is 0.407 e. The lowest BCUT2D eigenvalue weighted by Gasteiger charge is -2.28. The van der Waals surface area contributed by atoms with E-state index in [0.717, 1.165) is 25.7 Å². The number of methoxy groups -OCH3 is 2. The van der Waals surface area contributed by atoms with Crippen LogP contribution in [0.4, 0.5) is 9.59 Å². The van der Waals surface area contributed by atoms with Crippen molar-refractivity contribution in [3.05, 3.63) is 0 Å². The molecule has 6 heteroatoms. The Morgan fingerprint density at radius 1 is 0.875 bits per heavy atom.